The molecule has 1 aliphatic carbocycles. The third-order valence-corrected chi connectivity index (χ3v) is 4.35. The Balaban J connectivity index is 2.00. The van der Waals surface area contributed by atoms with Crippen LogP contribution in [0.5, 0.6) is 0 Å². The van der Waals surface area contributed by atoms with Crippen LogP contribution >= 0.6 is 0 Å². The number of amides is 1. The molecule has 1 aliphatic rings. The summed E-state index contributed by atoms with van der Waals surface area (Å²) >= 11 is 0. The molecular formula is C15H24N4O. The first-order valence-electron chi connectivity index (χ1n) is 7.18. The first-order valence-corrected chi connectivity index (χ1v) is 7.18. The second-order valence-corrected chi connectivity index (χ2v) is 5.75. The monoisotopic (exact) mass is 276 g/mol. The number of carbonyl (C=O) groups excluding carboxylic acids is 1. The number of rotatable bonds is 5. The fraction of sp³-hybridized carbons (Fsp3) is 0.600. The molecule has 0 radical (unpaired) electrons. The lowest BCUT2D eigenvalue weighted by Gasteiger charge is -2.36. The summed E-state index contributed by atoms with van der Waals surface area (Å²) in [4.78, 5) is 18.6. The highest BCUT2D eigenvalue weighted by Crippen LogP contribution is 2.33. The van der Waals surface area contributed by atoms with Gasteiger partial charge in [0.15, 0.2) is 0 Å². The molecule has 5 heteroatoms. The second-order valence-electron chi connectivity index (χ2n) is 5.75. The molecule has 1 fully saturated rings. The molecule has 0 unspecified atom stereocenters. The molecule has 2 rings (SSSR count). The maximum Gasteiger partial charge on any atom is 0.251 e. The molecule has 0 bridgehead atoms. The number of hydrogen-bond acceptors (Lipinski definition) is 4. The molecule has 0 atom stereocenters. The Bertz CT molecular complexity index is 467. The van der Waals surface area contributed by atoms with Crippen molar-refractivity contribution >= 4 is 5.91 Å². The Morgan fingerprint density at radius 1 is 1.45 bits per heavy atom. The molecule has 0 saturated heterocycles. The van der Waals surface area contributed by atoms with Crippen molar-refractivity contribution in [2.45, 2.75) is 37.8 Å². The highest BCUT2D eigenvalue weighted by atomic mass is 16.1. The largest absolute Gasteiger partial charge is 0.350 e. The van der Waals surface area contributed by atoms with Gasteiger partial charge in [-0.25, -0.2) is 0 Å². The van der Waals surface area contributed by atoms with Crippen molar-refractivity contribution in [2.75, 3.05) is 20.6 Å². The first-order chi connectivity index (χ1) is 9.57. The van der Waals surface area contributed by atoms with E-state index in [2.05, 4.69) is 29.3 Å². The average molecular weight is 276 g/mol. The van der Waals surface area contributed by atoms with E-state index in [9.17, 15) is 4.79 Å². The summed E-state index contributed by atoms with van der Waals surface area (Å²) in [5.74, 6) is -0.0461. The zero-order chi connectivity index (χ0) is 14.6. The van der Waals surface area contributed by atoms with Gasteiger partial charge in [-0.15, -0.1) is 0 Å². The van der Waals surface area contributed by atoms with Gasteiger partial charge in [0.05, 0.1) is 5.69 Å². The maximum absolute atomic E-state index is 12.2. The summed E-state index contributed by atoms with van der Waals surface area (Å²) in [6, 6.07) is 3.48. The number of hydrogen-bond donors (Lipinski definition) is 2. The van der Waals surface area contributed by atoms with Gasteiger partial charge in [-0.2, -0.15) is 0 Å². The summed E-state index contributed by atoms with van der Waals surface area (Å²) in [5.41, 5.74) is 7.03. The minimum absolute atomic E-state index is 0.0461. The van der Waals surface area contributed by atoms with E-state index in [1.807, 2.05) is 0 Å². The molecule has 1 saturated carbocycles. The van der Waals surface area contributed by atoms with Crippen molar-refractivity contribution in [2.24, 2.45) is 5.73 Å². The van der Waals surface area contributed by atoms with Crippen LogP contribution in [0, 0.1) is 0 Å². The van der Waals surface area contributed by atoms with Gasteiger partial charge in [-0.1, -0.05) is 12.8 Å². The Hall–Kier alpha value is -1.46. The summed E-state index contributed by atoms with van der Waals surface area (Å²) in [6.07, 6.45) is 6.39. The molecule has 1 aromatic heterocycles. The zero-order valence-corrected chi connectivity index (χ0v) is 12.4. The van der Waals surface area contributed by atoms with Crippen molar-refractivity contribution in [3.8, 4) is 0 Å². The molecule has 1 aromatic rings. The smallest absolute Gasteiger partial charge is 0.251 e. The lowest BCUT2D eigenvalue weighted by Crippen LogP contribution is -2.50. The van der Waals surface area contributed by atoms with E-state index in [0.29, 0.717) is 18.7 Å². The van der Waals surface area contributed by atoms with Gasteiger partial charge < -0.3 is 16.0 Å². The average Bonchev–Trinajstić information content (AvgIpc) is 2.95. The standard InChI is InChI=1S/C15H24N4O/c1-19(2)15(6-3-4-7-15)11-18-14(20)12-5-8-17-13(9-12)10-16/h5,8-9H,3-4,6-7,10-11,16H2,1-2H3,(H,18,20). The van der Waals surface area contributed by atoms with Gasteiger partial charge in [0.1, 0.15) is 0 Å². The quantitative estimate of drug-likeness (QED) is 0.846. The highest BCUT2D eigenvalue weighted by molar-refractivity contribution is 5.94. The number of pyridine rings is 1. The van der Waals surface area contributed by atoms with E-state index >= 15 is 0 Å². The van der Waals surface area contributed by atoms with Crippen molar-refractivity contribution in [3.05, 3.63) is 29.6 Å². The van der Waals surface area contributed by atoms with E-state index in [0.717, 1.165) is 18.5 Å². The number of carbonyl (C=O) groups is 1. The maximum atomic E-state index is 12.2. The summed E-state index contributed by atoms with van der Waals surface area (Å²) in [7, 11) is 4.19. The predicted molar refractivity (Wildman–Crippen MR) is 79.3 cm³/mol. The number of aromatic nitrogens is 1. The van der Waals surface area contributed by atoms with E-state index in [-0.39, 0.29) is 11.4 Å². The lowest BCUT2D eigenvalue weighted by molar-refractivity contribution is 0.0900. The minimum Gasteiger partial charge on any atom is -0.350 e. The Kier molecular flexibility index (Phi) is 4.73. The van der Waals surface area contributed by atoms with Gasteiger partial charge in [0, 0.05) is 30.4 Å². The molecular weight excluding hydrogens is 252 g/mol. The SMILES string of the molecule is CN(C)C1(CNC(=O)c2ccnc(CN)c2)CCCC1. The molecule has 1 heterocycles. The van der Waals surface area contributed by atoms with Crippen LogP contribution in [-0.2, 0) is 6.54 Å². The molecule has 20 heavy (non-hydrogen) atoms. The number of nitrogens with one attached hydrogen (secondary N) is 1. The van der Waals surface area contributed by atoms with Crippen molar-refractivity contribution in [3.63, 3.8) is 0 Å². The number of likely N-dealkylation sites (N-methyl/N-ethyl adjacent to an activating group) is 1. The molecule has 0 spiro atoms. The normalized spacial score (nSPS) is 17.4. The van der Waals surface area contributed by atoms with Gasteiger partial charge >= 0.3 is 0 Å². The molecule has 110 valence electrons. The molecule has 5 nitrogen and oxygen atoms in total. The van der Waals surface area contributed by atoms with Crippen LogP contribution in [0.2, 0.25) is 0 Å². The van der Waals surface area contributed by atoms with Crippen LogP contribution in [0.1, 0.15) is 41.7 Å². The van der Waals surface area contributed by atoms with E-state index < -0.39 is 0 Å². The highest BCUT2D eigenvalue weighted by Gasteiger charge is 2.36. The van der Waals surface area contributed by atoms with Gasteiger partial charge in [0.2, 0.25) is 0 Å². The number of nitrogens with zero attached hydrogens (tertiary/aromatic N) is 2. The molecule has 1 amide bonds. The third kappa shape index (κ3) is 3.16. The minimum atomic E-state index is -0.0461. The summed E-state index contributed by atoms with van der Waals surface area (Å²) in [6.45, 7) is 1.04. The zero-order valence-electron chi connectivity index (χ0n) is 12.4. The van der Waals surface area contributed by atoms with Crippen LogP contribution in [0.3, 0.4) is 0 Å². The predicted octanol–water partition coefficient (Wildman–Crippen LogP) is 1.14. The van der Waals surface area contributed by atoms with Crippen LogP contribution in [-0.4, -0.2) is 42.0 Å². The lowest BCUT2D eigenvalue weighted by atomic mass is 9.96. The fourth-order valence-corrected chi connectivity index (χ4v) is 2.89. The van der Waals surface area contributed by atoms with E-state index in [4.69, 9.17) is 5.73 Å². The Labute approximate surface area is 120 Å². The van der Waals surface area contributed by atoms with Crippen LogP contribution < -0.4 is 11.1 Å². The van der Waals surface area contributed by atoms with Crippen LogP contribution in [0.15, 0.2) is 18.3 Å². The molecule has 3 N–H and O–H groups in total. The third-order valence-electron chi connectivity index (χ3n) is 4.35. The summed E-state index contributed by atoms with van der Waals surface area (Å²) < 4.78 is 0. The fourth-order valence-electron chi connectivity index (χ4n) is 2.89. The molecule has 0 aliphatic heterocycles. The molecule has 0 aromatic carbocycles. The van der Waals surface area contributed by atoms with Gasteiger partial charge in [-0.3, -0.25) is 9.78 Å². The Morgan fingerprint density at radius 3 is 2.75 bits per heavy atom. The Morgan fingerprint density at radius 2 is 2.15 bits per heavy atom. The second kappa shape index (κ2) is 6.33. The number of nitrogens with two attached hydrogens (primary N) is 1. The van der Waals surface area contributed by atoms with Crippen LogP contribution in [0.4, 0.5) is 0 Å². The van der Waals surface area contributed by atoms with Crippen molar-refractivity contribution in [1.29, 1.82) is 0 Å². The van der Waals surface area contributed by atoms with Gasteiger partial charge in [-0.05, 0) is 39.1 Å². The summed E-state index contributed by atoms with van der Waals surface area (Å²) in [5, 5.41) is 3.07. The van der Waals surface area contributed by atoms with Crippen molar-refractivity contribution < 1.29 is 4.79 Å². The van der Waals surface area contributed by atoms with Crippen LogP contribution in [0.25, 0.3) is 0 Å². The topological polar surface area (TPSA) is 71.2 Å². The first kappa shape index (κ1) is 14.9. The van der Waals surface area contributed by atoms with Gasteiger partial charge in [0.25, 0.3) is 5.91 Å². The van der Waals surface area contributed by atoms with E-state index in [1.165, 1.54) is 12.8 Å². The van der Waals surface area contributed by atoms with Crippen molar-refractivity contribution in [1.82, 2.24) is 15.2 Å². The van der Waals surface area contributed by atoms with E-state index in [1.54, 1.807) is 18.3 Å².